The molecule has 1 saturated heterocycles. The number of piperidine rings is 1. The standard InChI is InChI=1S/C11H17N3O2/c15-11(14-6-2-1-3-7-14)9-12-8-10-4-5-13-16-10/h4-5,12H,1-3,6-9H2. The van der Waals surface area contributed by atoms with Crippen molar-refractivity contribution in [3.05, 3.63) is 18.0 Å². The molecule has 0 aliphatic carbocycles. The molecule has 5 heteroatoms. The van der Waals surface area contributed by atoms with E-state index in [1.807, 2.05) is 4.90 Å². The van der Waals surface area contributed by atoms with Gasteiger partial charge in [-0.1, -0.05) is 5.16 Å². The summed E-state index contributed by atoms with van der Waals surface area (Å²) in [4.78, 5) is 13.7. The summed E-state index contributed by atoms with van der Waals surface area (Å²) in [6.45, 7) is 2.74. The summed E-state index contributed by atoms with van der Waals surface area (Å²) >= 11 is 0. The highest BCUT2D eigenvalue weighted by Gasteiger charge is 2.15. The molecule has 5 nitrogen and oxygen atoms in total. The molecule has 0 unspecified atom stereocenters. The molecule has 0 saturated carbocycles. The van der Waals surface area contributed by atoms with Crippen LogP contribution in [0, 0.1) is 0 Å². The molecule has 16 heavy (non-hydrogen) atoms. The van der Waals surface area contributed by atoms with Crippen molar-refractivity contribution >= 4 is 5.91 Å². The van der Waals surface area contributed by atoms with E-state index in [2.05, 4.69) is 10.5 Å². The first-order chi connectivity index (χ1) is 7.86. The fraction of sp³-hybridized carbons (Fsp3) is 0.636. The van der Waals surface area contributed by atoms with Gasteiger partial charge >= 0.3 is 0 Å². The molecule has 1 amide bonds. The number of aromatic nitrogens is 1. The Morgan fingerprint density at radius 3 is 2.94 bits per heavy atom. The van der Waals surface area contributed by atoms with Crippen molar-refractivity contribution in [2.45, 2.75) is 25.8 Å². The number of nitrogens with zero attached hydrogens (tertiary/aromatic N) is 2. The number of hydrogen-bond donors (Lipinski definition) is 1. The molecule has 1 fully saturated rings. The van der Waals surface area contributed by atoms with Crippen LogP contribution in [0.4, 0.5) is 0 Å². The third-order valence-electron chi connectivity index (χ3n) is 2.78. The number of hydrogen-bond acceptors (Lipinski definition) is 4. The Morgan fingerprint density at radius 1 is 1.44 bits per heavy atom. The van der Waals surface area contributed by atoms with Gasteiger partial charge in [0.15, 0.2) is 0 Å². The highest BCUT2D eigenvalue weighted by molar-refractivity contribution is 5.78. The van der Waals surface area contributed by atoms with Gasteiger partial charge in [0.2, 0.25) is 5.91 Å². The number of amides is 1. The van der Waals surface area contributed by atoms with E-state index in [9.17, 15) is 4.79 Å². The zero-order chi connectivity index (χ0) is 11.2. The van der Waals surface area contributed by atoms with Crippen LogP contribution >= 0.6 is 0 Å². The van der Waals surface area contributed by atoms with Gasteiger partial charge < -0.3 is 14.7 Å². The van der Waals surface area contributed by atoms with Crippen LogP contribution in [0.25, 0.3) is 0 Å². The third-order valence-corrected chi connectivity index (χ3v) is 2.78. The van der Waals surface area contributed by atoms with E-state index in [0.717, 1.165) is 31.7 Å². The Hall–Kier alpha value is -1.36. The van der Waals surface area contributed by atoms with Gasteiger partial charge in [-0.25, -0.2) is 0 Å². The van der Waals surface area contributed by atoms with Crippen LogP contribution in [0.2, 0.25) is 0 Å². The third kappa shape index (κ3) is 3.06. The fourth-order valence-electron chi connectivity index (χ4n) is 1.88. The minimum absolute atomic E-state index is 0.180. The lowest BCUT2D eigenvalue weighted by Gasteiger charge is -2.26. The second-order valence-electron chi connectivity index (χ2n) is 4.02. The lowest BCUT2D eigenvalue weighted by Crippen LogP contribution is -2.40. The molecule has 1 aromatic rings. The molecule has 1 aromatic heterocycles. The normalized spacial score (nSPS) is 16.4. The highest BCUT2D eigenvalue weighted by atomic mass is 16.5. The van der Waals surface area contributed by atoms with E-state index in [1.165, 1.54) is 6.42 Å². The van der Waals surface area contributed by atoms with Gasteiger partial charge in [-0.2, -0.15) is 0 Å². The maximum absolute atomic E-state index is 11.7. The average molecular weight is 223 g/mol. The van der Waals surface area contributed by atoms with Gasteiger partial charge in [0.25, 0.3) is 0 Å². The first-order valence-electron chi connectivity index (χ1n) is 5.74. The summed E-state index contributed by atoms with van der Waals surface area (Å²) in [7, 11) is 0. The molecule has 0 atom stereocenters. The largest absolute Gasteiger partial charge is 0.360 e. The second kappa shape index (κ2) is 5.65. The first-order valence-corrected chi connectivity index (χ1v) is 5.74. The smallest absolute Gasteiger partial charge is 0.236 e. The number of rotatable bonds is 4. The van der Waals surface area contributed by atoms with Crippen LogP contribution in [0.1, 0.15) is 25.0 Å². The summed E-state index contributed by atoms with van der Waals surface area (Å²) in [6, 6.07) is 1.79. The van der Waals surface area contributed by atoms with Crippen molar-refractivity contribution in [2.75, 3.05) is 19.6 Å². The Kier molecular flexibility index (Phi) is 3.93. The zero-order valence-electron chi connectivity index (χ0n) is 9.32. The lowest BCUT2D eigenvalue weighted by atomic mass is 10.1. The van der Waals surface area contributed by atoms with Gasteiger partial charge in [-0.3, -0.25) is 4.79 Å². The zero-order valence-corrected chi connectivity index (χ0v) is 9.32. The molecule has 2 heterocycles. The summed E-state index contributed by atoms with van der Waals surface area (Å²) < 4.78 is 4.92. The Bertz CT molecular complexity index is 318. The Labute approximate surface area is 94.8 Å². The van der Waals surface area contributed by atoms with Crippen LogP contribution < -0.4 is 5.32 Å². The summed E-state index contributed by atoms with van der Waals surface area (Å²) in [5.41, 5.74) is 0. The molecule has 2 rings (SSSR count). The topological polar surface area (TPSA) is 58.4 Å². The Balaban J connectivity index is 1.67. The minimum Gasteiger partial charge on any atom is -0.360 e. The quantitative estimate of drug-likeness (QED) is 0.819. The van der Waals surface area contributed by atoms with Gasteiger partial charge in [0.1, 0.15) is 5.76 Å². The summed E-state index contributed by atoms with van der Waals surface area (Å²) in [5, 5.41) is 6.66. The van der Waals surface area contributed by atoms with Crippen molar-refractivity contribution < 1.29 is 9.32 Å². The van der Waals surface area contributed by atoms with E-state index in [4.69, 9.17) is 4.52 Å². The monoisotopic (exact) mass is 223 g/mol. The maximum atomic E-state index is 11.7. The van der Waals surface area contributed by atoms with Crippen molar-refractivity contribution in [3.63, 3.8) is 0 Å². The molecule has 88 valence electrons. The molecule has 0 radical (unpaired) electrons. The van der Waals surface area contributed by atoms with Gasteiger partial charge in [-0.15, -0.1) is 0 Å². The molecule has 0 spiro atoms. The first kappa shape index (κ1) is 11.1. The predicted molar refractivity (Wildman–Crippen MR) is 58.6 cm³/mol. The number of carbonyl (C=O) groups excluding carboxylic acids is 1. The molecular formula is C11H17N3O2. The predicted octanol–water partition coefficient (Wildman–Crippen LogP) is 0.777. The molecule has 1 aliphatic heterocycles. The molecular weight excluding hydrogens is 206 g/mol. The van der Waals surface area contributed by atoms with Crippen LogP contribution in [0.5, 0.6) is 0 Å². The molecule has 1 N–H and O–H groups in total. The number of likely N-dealkylation sites (tertiary alicyclic amines) is 1. The lowest BCUT2D eigenvalue weighted by molar-refractivity contribution is -0.131. The van der Waals surface area contributed by atoms with Crippen LogP contribution in [-0.2, 0) is 11.3 Å². The van der Waals surface area contributed by atoms with Crippen LogP contribution in [-0.4, -0.2) is 35.6 Å². The van der Waals surface area contributed by atoms with Crippen molar-refractivity contribution in [3.8, 4) is 0 Å². The molecule has 0 aromatic carbocycles. The van der Waals surface area contributed by atoms with E-state index < -0.39 is 0 Å². The number of nitrogens with one attached hydrogen (secondary N) is 1. The van der Waals surface area contributed by atoms with Crippen molar-refractivity contribution in [1.82, 2.24) is 15.4 Å². The van der Waals surface area contributed by atoms with Crippen molar-refractivity contribution in [1.29, 1.82) is 0 Å². The molecule has 0 bridgehead atoms. The number of carbonyl (C=O) groups is 1. The van der Waals surface area contributed by atoms with Gasteiger partial charge in [-0.05, 0) is 19.3 Å². The van der Waals surface area contributed by atoms with E-state index in [-0.39, 0.29) is 5.91 Å². The van der Waals surface area contributed by atoms with Crippen LogP contribution in [0.3, 0.4) is 0 Å². The van der Waals surface area contributed by atoms with Gasteiger partial charge in [0.05, 0.1) is 19.3 Å². The van der Waals surface area contributed by atoms with Crippen LogP contribution in [0.15, 0.2) is 16.8 Å². The maximum Gasteiger partial charge on any atom is 0.236 e. The SMILES string of the molecule is O=C(CNCc1ccno1)N1CCCCC1. The highest BCUT2D eigenvalue weighted by Crippen LogP contribution is 2.08. The second-order valence-corrected chi connectivity index (χ2v) is 4.02. The van der Waals surface area contributed by atoms with E-state index in [0.29, 0.717) is 13.1 Å². The summed E-state index contributed by atoms with van der Waals surface area (Å²) in [6.07, 6.45) is 5.11. The van der Waals surface area contributed by atoms with Crippen molar-refractivity contribution in [2.24, 2.45) is 0 Å². The van der Waals surface area contributed by atoms with E-state index >= 15 is 0 Å². The van der Waals surface area contributed by atoms with E-state index in [1.54, 1.807) is 12.3 Å². The Morgan fingerprint density at radius 2 is 2.25 bits per heavy atom. The average Bonchev–Trinajstić information content (AvgIpc) is 2.83. The van der Waals surface area contributed by atoms with Gasteiger partial charge in [0, 0.05) is 19.2 Å². The minimum atomic E-state index is 0.180. The fourth-order valence-corrected chi connectivity index (χ4v) is 1.88. The summed E-state index contributed by atoms with van der Waals surface area (Å²) in [5.74, 6) is 0.936. The molecule has 1 aliphatic rings.